The van der Waals surface area contributed by atoms with Gasteiger partial charge in [-0.15, -0.1) is 0 Å². The molecule has 0 spiro atoms. The van der Waals surface area contributed by atoms with Crippen molar-refractivity contribution in [1.29, 1.82) is 0 Å². The second-order valence-electron chi connectivity index (χ2n) is 10.6. The predicted octanol–water partition coefficient (Wildman–Crippen LogP) is 2.68. The molecule has 13 heteroatoms. The topological polar surface area (TPSA) is 137 Å². The van der Waals surface area contributed by atoms with E-state index in [1.54, 1.807) is 35.2 Å². The summed E-state index contributed by atoms with van der Waals surface area (Å²) in [4.78, 5) is 38.3. The highest BCUT2D eigenvalue weighted by atomic mass is 19.1. The fraction of sp³-hybridized carbons (Fsp3) is 0.300. The van der Waals surface area contributed by atoms with Gasteiger partial charge in [-0.3, -0.25) is 19.5 Å². The van der Waals surface area contributed by atoms with Crippen LogP contribution in [0.5, 0.6) is 0 Å². The van der Waals surface area contributed by atoms with E-state index in [9.17, 15) is 14.0 Å². The number of hydrogen-bond acceptors (Lipinski definition) is 8. The van der Waals surface area contributed by atoms with Crippen molar-refractivity contribution < 1.29 is 27.2 Å². The highest BCUT2D eigenvalue weighted by Crippen LogP contribution is 2.35. The number of carbonyl (C=O) groups is 2. The lowest BCUT2D eigenvalue weighted by atomic mass is 10.0. The van der Waals surface area contributed by atoms with Crippen LogP contribution < -0.4 is 10.00 Å². The Bertz CT molecular complexity index is 1910. The minimum atomic E-state index is -2.50. The summed E-state index contributed by atoms with van der Waals surface area (Å²) < 4.78 is 43.9. The highest BCUT2D eigenvalue weighted by molar-refractivity contribution is 5.96. The van der Waals surface area contributed by atoms with Crippen LogP contribution in [-0.4, -0.2) is 79.5 Å². The largest absolute Gasteiger partial charge is 0.436 e. The highest BCUT2D eigenvalue weighted by Gasteiger charge is 2.43. The number of hydrogen-bond donors (Lipinski definition) is 2. The van der Waals surface area contributed by atoms with Gasteiger partial charge in [-0.2, -0.15) is 4.68 Å². The van der Waals surface area contributed by atoms with Gasteiger partial charge >= 0.3 is 5.82 Å². The van der Waals surface area contributed by atoms with Crippen molar-refractivity contribution in [2.75, 3.05) is 31.5 Å². The molecule has 1 aliphatic heterocycles. The minimum absolute atomic E-state index is 0.225. The van der Waals surface area contributed by atoms with Crippen LogP contribution in [0.1, 0.15) is 38.5 Å². The van der Waals surface area contributed by atoms with Gasteiger partial charge in [-0.25, -0.2) is 9.37 Å². The second-order valence-corrected chi connectivity index (χ2v) is 10.6. The smallest absolute Gasteiger partial charge is 0.322 e. The standard InChI is InChI=1S/C30H28FN9O3/c1-38-27(35-36-37-38)26(18-5-3-2-4-6-18)39-11-13-40(14-12-39)30(42)24-15-19(9-10-32-24)29-34-23-16-20(7-8-25(23)43-29)33-28(41)21-17-22(21)31/h2-10,15-16,21-22,26H,11-14,17H2,1H3,(H,33,41)/p+1/t21-,22+,26+/m1/s1/i1D3. The van der Waals surface area contributed by atoms with Gasteiger partial charge in [0.25, 0.3) is 5.91 Å². The Morgan fingerprint density at radius 1 is 1.14 bits per heavy atom. The van der Waals surface area contributed by atoms with E-state index in [0.29, 0.717) is 48.5 Å². The Kier molecular flexibility index (Phi) is 6.01. The molecule has 2 aromatic carbocycles. The van der Waals surface area contributed by atoms with Gasteiger partial charge in [0.2, 0.25) is 11.8 Å². The molecule has 1 aliphatic carbocycles. The van der Waals surface area contributed by atoms with E-state index < -0.39 is 25.1 Å². The minimum Gasteiger partial charge on any atom is -0.436 e. The molecule has 2 amide bonds. The molecule has 2 aliphatic rings. The van der Waals surface area contributed by atoms with Crippen LogP contribution in [0.2, 0.25) is 0 Å². The van der Waals surface area contributed by atoms with E-state index >= 15 is 0 Å². The number of aromatic amines is 1. The van der Waals surface area contributed by atoms with Crippen LogP contribution in [0.15, 0.2) is 71.3 Å². The molecule has 3 atom stereocenters. The number of amides is 2. The van der Waals surface area contributed by atoms with E-state index in [-0.39, 0.29) is 35.6 Å². The number of nitrogens with zero attached hydrogens (tertiary/aromatic N) is 7. The zero-order chi connectivity index (χ0) is 32.0. The van der Waals surface area contributed by atoms with Gasteiger partial charge in [-0.05, 0) is 42.3 Å². The molecule has 218 valence electrons. The molecule has 12 nitrogen and oxygen atoms in total. The molecule has 1 saturated heterocycles. The van der Waals surface area contributed by atoms with Gasteiger partial charge in [0.15, 0.2) is 10.8 Å². The fourth-order valence-electron chi connectivity index (χ4n) is 5.37. The lowest BCUT2D eigenvalue weighted by Crippen LogP contribution is -2.52. The molecule has 0 unspecified atom stereocenters. The average Bonchev–Trinajstić information content (AvgIpc) is 3.40. The normalized spacial score (nSPS) is 20.7. The van der Waals surface area contributed by atoms with Crippen molar-refractivity contribution in [1.82, 2.24) is 35.3 Å². The van der Waals surface area contributed by atoms with Gasteiger partial charge in [0, 0.05) is 43.6 Å². The van der Waals surface area contributed by atoms with Crippen molar-refractivity contribution in [2.45, 2.75) is 18.6 Å². The summed E-state index contributed by atoms with van der Waals surface area (Å²) in [6, 6.07) is 17.3. The summed E-state index contributed by atoms with van der Waals surface area (Å²) in [5.41, 5.74) is 3.12. The zero-order valence-corrected chi connectivity index (χ0v) is 22.9. The molecule has 5 aromatic rings. The zero-order valence-electron chi connectivity index (χ0n) is 25.9. The van der Waals surface area contributed by atoms with Crippen LogP contribution in [-0.2, 0) is 11.8 Å². The number of aryl methyl sites for hydroxylation is 1. The van der Waals surface area contributed by atoms with Crippen LogP contribution in [0.25, 0.3) is 22.6 Å². The molecule has 2 N–H and O–H groups in total. The molecule has 2 fully saturated rings. The van der Waals surface area contributed by atoms with Crippen LogP contribution in [0, 0.1) is 5.92 Å². The number of pyridine rings is 1. The first-order chi connectivity index (χ1) is 22.2. The average molecular weight is 586 g/mol. The molecule has 0 bridgehead atoms. The first-order valence-corrected chi connectivity index (χ1v) is 13.9. The number of alkyl halides is 1. The van der Waals surface area contributed by atoms with Gasteiger partial charge in [0.1, 0.15) is 28.5 Å². The Morgan fingerprint density at radius 2 is 1.95 bits per heavy atom. The summed E-state index contributed by atoms with van der Waals surface area (Å²) in [6.07, 6.45) is 0.674. The van der Waals surface area contributed by atoms with E-state index in [1.165, 1.54) is 6.20 Å². The Balaban J connectivity index is 1.06. The maximum atomic E-state index is 13.6. The maximum absolute atomic E-state index is 13.6. The fourth-order valence-corrected chi connectivity index (χ4v) is 5.37. The number of benzene rings is 2. The molecule has 43 heavy (non-hydrogen) atoms. The maximum Gasteiger partial charge on any atom is 0.322 e. The van der Waals surface area contributed by atoms with Gasteiger partial charge in [0.05, 0.1) is 17.0 Å². The first-order valence-electron chi connectivity index (χ1n) is 15.4. The van der Waals surface area contributed by atoms with Crippen molar-refractivity contribution in [3.05, 3.63) is 83.9 Å². The quantitative estimate of drug-likeness (QED) is 0.278. The van der Waals surface area contributed by atoms with Crippen molar-refractivity contribution >= 4 is 28.6 Å². The van der Waals surface area contributed by atoms with E-state index in [2.05, 4.69) is 35.7 Å². The van der Waals surface area contributed by atoms with E-state index in [4.69, 9.17) is 8.53 Å². The number of aromatic nitrogens is 6. The molecule has 7 rings (SSSR count). The summed E-state index contributed by atoms with van der Waals surface area (Å²) >= 11 is 0. The van der Waals surface area contributed by atoms with Gasteiger partial charge in [-0.1, -0.05) is 35.5 Å². The number of rotatable bonds is 7. The number of nitrogens with one attached hydrogen (secondary N) is 2. The molecule has 3 aromatic heterocycles. The van der Waals surface area contributed by atoms with Crippen LogP contribution in [0.4, 0.5) is 10.1 Å². The van der Waals surface area contributed by atoms with Crippen molar-refractivity contribution in [3.8, 4) is 11.5 Å². The number of tetrazole rings is 1. The Hall–Kier alpha value is -5.04. The molecule has 1 saturated carbocycles. The van der Waals surface area contributed by atoms with E-state index in [0.717, 1.165) is 10.2 Å². The number of piperazine rings is 1. The lowest BCUT2D eigenvalue weighted by molar-refractivity contribution is -0.739. The molecular weight excluding hydrogens is 553 g/mol. The molecular formula is C30H29FN9O3+. The third-order valence-electron chi connectivity index (χ3n) is 7.78. The second kappa shape index (κ2) is 11.0. The SMILES string of the molecule is [2H]C([2H])([2H])[n+]1[nH]nnc1[C@H](c1ccccc1)N1CCN(C(=O)c2cc(-c3nc4cc(NC(=O)[C@@H]5C[C@@H]5F)ccc4o3)ccn2)CC1. The van der Waals surface area contributed by atoms with Gasteiger partial charge < -0.3 is 14.6 Å². The number of carbonyl (C=O) groups excluding carboxylic acids is 2. The summed E-state index contributed by atoms with van der Waals surface area (Å²) in [5.74, 6) is -0.687. The Labute approximate surface area is 249 Å². The molecule has 0 radical (unpaired) electrons. The number of anilines is 1. The van der Waals surface area contributed by atoms with Crippen molar-refractivity contribution in [3.63, 3.8) is 0 Å². The number of halogens is 1. The van der Waals surface area contributed by atoms with Crippen molar-refractivity contribution in [2.24, 2.45) is 12.9 Å². The number of oxazole rings is 1. The molecule has 4 heterocycles. The number of H-pyrrole nitrogens is 1. The first kappa shape index (κ1) is 23.5. The number of fused-ring (bicyclic) bond motifs is 1. The summed E-state index contributed by atoms with van der Waals surface area (Å²) in [6.45, 7) is -0.836. The lowest BCUT2D eigenvalue weighted by Gasteiger charge is -2.37. The third-order valence-corrected chi connectivity index (χ3v) is 7.78. The summed E-state index contributed by atoms with van der Waals surface area (Å²) in [5, 5.41) is 13.1. The predicted molar refractivity (Wildman–Crippen MR) is 152 cm³/mol. The van der Waals surface area contributed by atoms with Crippen LogP contribution in [0.3, 0.4) is 0 Å². The van der Waals surface area contributed by atoms with E-state index in [1.807, 2.05) is 30.3 Å². The Morgan fingerprint density at radius 3 is 2.72 bits per heavy atom. The van der Waals surface area contributed by atoms with Crippen LogP contribution >= 0.6 is 0 Å². The third kappa shape index (κ3) is 5.34. The summed E-state index contributed by atoms with van der Waals surface area (Å²) in [7, 11) is 0. The monoisotopic (exact) mass is 585 g/mol.